The number of benzene rings is 1. The summed E-state index contributed by atoms with van der Waals surface area (Å²) in [4.78, 5) is 44.0. The molecule has 0 amide bonds. The molecule has 21 heavy (non-hydrogen) atoms. The monoisotopic (exact) mass is 359 g/mol. The number of nitrogens with zero attached hydrogens (tertiary/aromatic N) is 1. The van der Waals surface area contributed by atoms with E-state index in [1.807, 2.05) is 0 Å². The zero-order valence-corrected chi connectivity index (χ0v) is 12.2. The van der Waals surface area contributed by atoms with Crippen LogP contribution in [0.5, 0.6) is 0 Å². The van der Waals surface area contributed by atoms with Crippen molar-refractivity contribution in [3.63, 3.8) is 0 Å². The second-order valence-corrected chi connectivity index (χ2v) is 5.08. The average molecular weight is 360 g/mol. The first-order chi connectivity index (χ1) is 9.66. The molecule has 0 bridgehead atoms. The van der Waals surface area contributed by atoms with Crippen LogP contribution in [0.2, 0.25) is 0 Å². The number of aliphatic carboxylic acids is 2. The molecule has 0 heterocycles. The maximum Gasteiger partial charge on any atom is 0.318 e. The van der Waals surface area contributed by atoms with Gasteiger partial charge in [-0.15, -0.1) is 0 Å². The lowest BCUT2D eigenvalue weighted by Crippen LogP contribution is -2.34. The minimum Gasteiger partial charge on any atom is -0.481 e. The predicted molar refractivity (Wildman–Crippen MR) is 73.1 cm³/mol. The molecule has 112 valence electrons. The van der Waals surface area contributed by atoms with E-state index in [0.29, 0.717) is 0 Å². The lowest BCUT2D eigenvalue weighted by molar-refractivity contribution is -0.385. The number of hydrogen-bond donors (Lipinski definition) is 2. The van der Waals surface area contributed by atoms with Crippen molar-refractivity contribution < 1.29 is 29.5 Å². The highest BCUT2D eigenvalue weighted by molar-refractivity contribution is 9.10. The van der Waals surface area contributed by atoms with Crippen molar-refractivity contribution in [3.8, 4) is 0 Å². The minimum absolute atomic E-state index is 0.120. The van der Waals surface area contributed by atoms with E-state index in [1.165, 1.54) is 12.1 Å². The molecule has 2 N–H and O–H groups in total. The van der Waals surface area contributed by atoms with Crippen LogP contribution in [-0.4, -0.2) is 32.9 Å². The van der Waals surface area contributed by atoms with Crippen LogP contribution in [0.1, 0.15) is 17.3 Å². The summed E-state index contributed by atoms with van der Waals surface area (Å²) >= 11 is 2.95. The van der Waals surface area contributed by atoms with Crippen molar-refractivity contribution in [2.75, 3.05) is 0 Å². The fraction of sp³-hybridized carbons (Fsp3) is 0.250. The van der Waals surface area contributed by atoms with Crippen molar-refractivity contribution in [1.82, 2.24) is 0 Å². The molecule has 0 aromatic heterocycles. The Balaban J connectivity index is 3.19. The zero-order valence-electron chi connectivity index (χ0n) is 10.6. The molecule has 9 heteroatoms. The van der Waals surface area contributed by atoms with Gasteiger partial charge in [-0.25, -0.2) is 0 Å². The Morgan fingerprint density at radius 2 is 1.76 bits per heavy atom. The van der Waals surface area contributed by atoms with E-state index < -0.39 is 34.5 Å². The third-order valence-electron chi connectivity index (χ3n) is 2.87. The second-order valence-electron chi connectivity index (χ2n) is 4.23. The molecule has 8 nitrogen and oxygen atoms in total. The molecule has 0 saturated heterocycles. The van der Waals surface area contributed by atoms with E-state index in [-0.39, 0.29) is 15.7 Å². The molecule has 1 unspecified atom stereocenters. The largest absolute Gasteiger partial charge is 0.481 e. The Bertz CT molecular complexity index is 614. The van der Waals surface area contributed by atoms with Crippen LogP contribution in [0.4, 0.5) is 5.69 Å². The van der Waals surface area contributed by atoms with Crippen molar-refractivity contribution in [2.24, 2.45) is 11.8 Å². The molecule has 0 fully saturated rings. The van der Waals surface area contributed by atoms with Gasteiger partial charge in [0.2, 0.25) is 0 Å². The highest BCUT2D eigenvalue weighted by Crippen LogP contribution is 2.28. The number of carboxylic acids is 2. The first-order valence-corrected chi connectivity index (χ1v) is 6.40. The van der Waals surface area contributed by atoms with Gasteiger partial charge in [-0.05, 0) is 28.1 Å². The molecule has 1 rings (SSSR count). The van der Waals surface area contributed by atoms with E-state index in [2.05, 4.69) is 15.9 Å². The molecule has 1 aromatic carbocycles. The third kappa shape index (κ3) is 3.63. The molecule has 0 radical (unpaired) electrons. The van der Waals surface area contributed by atoms with Crippen LogP contribution in [0, 0.1) is 22.0 Å². The number of nitro benzene ring substituents is 1. The highest BCUT2D eigenvalue weighted by atomic mass is 79.9. The van der Waals surface area contributed by atoms with Crippen molar-refractivity contribution in [3.05, 3.63) is 38.3 Å². The lowest BCUT2D eigenvalue weighted by atomic mass is 9.87. The van der Waals surface area contributed by atoms with Gasteiger partial charge >= 0.3 is 11.9 Å². The number of ketones is 1. The lowest BCUT2D eigenvalue weighted by Gasteiger charge is -2.15. The minimum atomic E-state index is -1.92. The quantitative estimate of drug-likeness (QED) is 0.343. The van der Waals surface area contributed by atoms with E-state index in [0.717, 1.165) is 13.0 Å². The van der Waals surface area contributed by atoms with E-state index in [1.54, 1.807) is 0 Å². The van der Waals surface area contributed by atoms with Gasteiger partial charge in [0.1, 0.15) is 0 Å². The number of carboxylic acid groups (broad SMARTS) is 2. The van der Waals surface area contributed by atoms with E-state index >= 15 is 0 Å². The Labute approximate surface area is 126 Å². The molecular formula is C12H10BrNO7. The van der Waals surface area contributed by atoms with Crippen LogP contribution < -0.4 is 0 Å². The number of carbonyl (C=O) groups is 3. The van der Waals surface area contributed by atoms with Gasteiger partial charge in [-0.1, -0.05) is 6.92 Å². The predicted octanol–water partition coefficient (Wildman–Crippen LogP) is 1.96. The summed E-state index contributed by atoms with van der Waals surface area (Å²) in [5.74, 6) is -7.36. The Morgan fingerprint density at radius 1 is 1.24 bits per heavy atom. The highest BCUT2D eigenvalue weighted by Gasteiger charge is 2.37. The summed E-state index contributed by atoms with van der Waals surface area (Å²) in [6, 6.07) is 3.51. The van der Waals surface area contributed by atoms with Crippen molar-refractivity contribution in [1.29, 1.82) is 0 Å². The van der Waals surface area contributed by atoms with Gasteiger partial charge in [0.05, 0.1) is 9.40 Å². The van der Waals surface area contributed by atoms with Gasteiger partial charge in [0.15, 0.2) is 11.7 Å². The number of hydrogen-bond acceptors (Lipinski definition) is 5. The standard InChI is InChI=1S/C12H10BrNO7/c1-5(9(11(16)17)12(18)19)10(15)6-2-3-7(13)8(4-6)14(20)21/h2-5,9H,1H3,(H,16,17)(H,18,19). The zero-order chi connectivity index (χ0) is 16.3. The van der Waals surface area contributed by atoms with Gasteiger partial charge in [0.25, 0.3) is 5.69 Å². The van der Waals surface area contributed by atoms with Gasteiger partial charge in [-0.2, -0.15) is 0 Å². The molecule has 0 spiro atoms. The maximum absolute atomic E-state index is 12.1. The van der Waals surface area contributed by atoms with Crippen LogP contribution >= 0.6 is 15.9 Å². The number of rotatable bonds is 6. The summed E-state index contributed by atoms with van der Waals surface area (Å²) < 4.78 is 0.157. The Morgan fingerprint density at radius 3 is 2.19 bits per heavy atom. The summed E-state index contributed by atoms with van der Waals surface area (Å²) in [6.45, 7) is 1.16. The summed E-state index contributed by atoms with van der Waals surface area (Å²) in [5.41, 5.74) is -0.486. The average Bonchev–Trinajstić information content (AvgIpc) is 2.37. The van der Waals surface area contributed by atoms with E-state index in [4.69, 9.17) is 10.2 Å². The summed E-state index contributed by atoms with van der Waals surface area (Å²) in [5, 5.41) is 28.5. The smallest absolute Gasteiger partial charge is 0.318 e. The Kier molecular flexibility index (Phi) is 5.14. The fourth-order valence-corrected chi connectivity index (χ4v) is 2.14. The molecule has 0 saturated carbocycles. The summed E-state index contributed by atoms with van der Waals surface area (Å²) in [6.07, 6.45) is 0. The van der Waals surface area contributed by atoms with Gasteiger partial charge in [0, 0.05) is 17.5 Å². The van der Waals surface area contributed by atoms with Gasteiger partial charge < -0.3 is 10.2 Å². The summed E-state index contributed by atoms with van der Waals surface area (Å²) in [7, 11) is 0. The van der Waals surface area contributed by atoms with Crippen LogP contribution in [0.15, 0.2) is 22.7 Å². The number of halogens is 1. The first kappa shape index (κ1) is 16.8. The molecule has 0 aliphatic carbocycles. The van der Waals surface area contributed by atoms with E-state index in [9.17, 15) is 24.5 Å². The molecule has 0 aliphatic heterocycles. The third-order valence-corrected chi connectivity index (χ3v) is 3.54. The SMILES string of the molecule is CC(C(=O)c1ccc(Br)c([N+](=O)[O-])c1)C(C(=O)O)C(=O)O. The number of Topliss-reactive ketones (excluding diaryl/α,β-unsaturated/α-hetero) is 1. The topological polar surface area (TPSA) is 135 Å². The van der Waals surface area contributed by atoms with Crippen molar-refractivity contribution in [2.45, 2.75) is 6.92 Å². The maximum atomic E-state index is 12.1. The number of carbonyl (C=O) groups excluding carboxylic acids is 1. The molecule has 1 atom stereocenters. The molecule has 0 aliphatic rings. The van der Waals surface area contributed by atoms with Crippen LogP contribution in [-0.2, 0) is 9.59 Å². The Hall–Kier alpha value is -2.29. The van der Waals surface area contributed by atoms with Crippen LogP contribution in [0.25, 0.3) is 0 Å². The molecular weight excluding hydrogens is 350 g/mol. The first-order valence-electron chi connectivity index (χ1n) is 5.60. The fourth-order valence-electron chi connectivity index (χ4n) is 1.75. The van der Waals surface area contributed by atoms with Gasteiger partial charge in [-0.3, -0.25) is 24.5 Å². The van der Waals surface area contributed by atoms with Crippen LogP contribution in [0.3, 0.4) is 0 Å². The normalized spacial score (nSPS) is 12.0. The van der Waals surface area contributed by atoms with Crippen molar-refractivity contribution >= 4 is 39.3 Å². The molecule has 1 aromatic rings. The number of nitro groups is 1. The second kappa shape index (κ2) is 6.44.